The Labute approximate surface area is 238 Å². The Hall–Kier alpha value is -1.18. The summed E-state index contributed by atoms with van der Waals surface area (Å²) in [5.41, 5.74) is 3.87. The van der Waals surface area contributed by atoms with Crippen LogP contribution in [0.2, 0.25) is 0 Å². The van der Waals surface area contributed by atoms with E-state index in [1.807, 2.05) is 0 Å². The zero-order valence-electron chi connectivity index (χ0n) is 25.1. The van der Waals surface area contributed by atoms with Crippen LogP contribution in [-0.4, -0.2) is 114 Å². The minimum Gasteiger partial charge on any atom is -0.377 e. The Morgan fingerprint density at radius 1 is 0.579 bits per heavy atom. The van der Waals surface area contributed by atoms with Gasteiger partial charge in [0, 0.05) is 18.8 Å². The van der Waals surface area contributed by atoms with E-state index in [0.29, 0.717) is 19.8 Å². The topological polar surface area (TPSA) is 30.9 Å². The monoisotopic (exact) mass is 542 g/mol. The van der Waals surface area contributed by atoms with E-state index in [9.17, 15) is 0 Å². The highest BCUT2D eigenvalue weighted by Gasteiger charge is 2.21. The van der Waals surface area contributed by atoms with Gasteiger partial charge in [0.2, 0.25) is 0 Å². The van der Waals surface area contributed by atoms with Crippen molar-refractivity contribution in [2.75, 3.05) is 110 Å². The van der Waals surface area contributed by atoms with E-state index in [1.54, 1.807) is 0 Å². The molecule has 0 aliphatic carbocycles. The van der Waals surface area contributed by atoms with Crippen molar-refractivity contribution in [1.29, 1.82) is 0 Å². The minimum atomic E-state index is 0. The van der Waals surface area contributed by atoms with Crippen LogP contribution in [0.15, 0.2) is 18.2 Å². The van der Waals surface area contributed by atoms with Crippen molar-refractivity contribution in [3.05, 3.63) is 29.3 Å². The number of likely N-dealkylation sites (N-methyl/N-ethyl adjacent to an activating group) is 2. The lowest BCUT2D eigenvalue weighted by Gasteiger charge is -2.35. The van der Waals surface area contributed by atoms with E-state index in [2.05, 4.69) is 78.5 Å². The van der Waals surface area contributed by atoms with E-state index in [4.69, 9.17) is 14.2 Å². The van der Waals surface area contributed by atoms with Gasteiger partial charge in [-0.2, -0.15) is 0 Å². The lowest BCUT2D eigenvalue weighted by molar-refractivity contribution is -0.923. The summed E-state index contributed by atoms with van der Waals surface area (Å²) in [5, 5.41) is 0. The number of quaternary nitrogens is 2. The molecule has 0 fully saturated rings. The molecule has 0 saturated heterocycles. The third kappa shape index (κ3) is 13.3. The van der Waals surface area contributed by atoms with Crippen LogP contribution < -0.4 is 4.90 Å². The first kappa shape index (κ1) is 39.0. The molecule has 0 radical (unpaired) electrons. The van der Waals surface area contributed by atoms with E-state index >= 15 is 0 Å². The second-order valence-corrected chi connectivity index (χ2v) is 10.1. The van der Waals surface area contributed by atoms with E-state index in [-0.39, 0.29) is 14.9 Å². The molecule has 0 saturated carbocycles. The maximum absolute atomic E-state index is 6.12. The minimum absolute atomic E-state index is 0. The molecule has 0 unspecified atom stereocenters. The highest BCUT2D eigenvalue weighted by molar-refractivity contribution is 5.54. The molecule has 1 aromatic carbocycles. The zero-order chi connectivity index (χ0) is 26.9. The number of benzene rings is 1. The third-order valence-corrected chi connectivity index (χ3v) is 8.53. The van der Waals surface area contributed by atoms with Crippen LogP contribution in [0.3, 0.4) is 0 Å². The van der Waals surface area contributed by atoms with Gasteiger partial charge in [0.15, 0.2) is 0 Å². The summed E-state index contributed by atoms with van der Waals surface area (Å²) in [4.78, 5) is 2.42. The van der Waals surface area contributed by atoms with Gasteiger partial charge in [-0.05, 0) is 72.6 Å². The van der Waals surface area contributed by atoms with Crippen molar-refractivity contribution in [1.82, 2.24) is 0 Å². The molecule has 0 aliphatic heterocycles. The van der Waals surface area contributed by atoms with Gasteiger partial charge in [0.05, 0.1) is 78.9 Å². The van der Waals surface area contributed by atoms with Gasteiger partial charge < -0.3 is 28.1 Å². The van der Waals surface area contributed by atoms with Gasteiger partial charge in [-0.25, -0.2) is 0 Å². The molecular weight excluding hydrogens is 474 g/mol. The molecule has 0 bridgehead atoms. The first-order chi connectivity index (χ1) is 17.3. The predicted molar refractivity (Wildman–Crippen MR) is 168 cm³/mol. The Balaban J connectivity index is 0. The number of ether oxygens (including phenoxy) is 3. The van der Waals surface area contributed by atoms with Crippen LogP contribution in [-0.2, 0) is 14.2 Å². The summed E-state index contributed by atoms with van der Waals surface area (Å²) in [7, 11) is 0. The normalized spacial score (nSPS) is 11.7. The average molecular weight is 542 g/mol. The van der Waals surface area contributed by atoms with Gasteiger partial charge in [0.1, 0.15) is 13.1 Å². The first-order valence-corrected chi connectivity index (χ1v) is 14.6. The standard InChI is InChI=1S/C30H59N3O3.2CH4/c1-9-32(10-2,11-3)19-23-34-21-17-31(30-27-28(7)15-16-29(30)8)18-22-35-25-26-36-24-20-33(12-4,13-5)14-6;;/h15-16,27H,9-14,17-26H2,1-8H3;2*1H4/q+2;;. The summed E-state index contributed by atoms with van der Waals surface area (Å²) in [6.45, 7) is 33.3. The molecule has 6 heteroatoms. The van der Waals surface area contributed by atoms with Crippen molar-refractivity contribution in [3.63, 3.8) is 0 Å². The molecule has 6 nitrogen and oxygen atoms in total. The summed E-state index contributed by atoms with van der Waals surface area (Å²) >= 11 is 0. The summed E-state index contributed by atoms with van der Waals surface area (Å²) in [5.74, 6) is 0. The highest BCUT2D eigenvalue weighted by atomic mass is 16.5. The quantitative estimate of drug-likeness (QED) is 0.129. The zero-order valence-corrected chi connectivity index (χ0v) is 25.1. The summed E-state index contributed by atoms with van der Waals surface area (Å²) < 4.78 is 20.2. The Kier molecular flexibility index (Phi) is 22.2. The van der Waals surface area contributed by atoms with E-state index in [0.717, 1.165) is 55.0 Å². The fourth-order valence-corrected chi connectivity index (χ4v) is 4.99. The van der Waals surface area contributed by atoms with Crippen molar-refractivity contribution in [3.8, 4) is 0 Å². The van der Waals surface area contributed by atoms with Crippen LogP contribution in [0.4, 0.5) is 5.69 Å². The predicted octanol–water partition coefficient (Wildman–Crippen LogP) is 6.18. The molecular formula is C32H67N3O3+2. The van der Waals surface area contributed by atoms with Gasteiger partial charge >= 0.3 is 0 Å². The molecule has 0 aliphatic rings. The molecule has 0 spiro atoms. The smallest absolute Gasteiger partial charge is 0.102 e. The molecule has 38 heavy (non-hydrogen) atoms. The number of hydrogen-bond donors (Lipinski definition) is 0. The Morgan fingerprint density at radius 3 is 1.39 bits per heavy atom. The number of nitrogens with zero attached hydrogens (tertiary/aromatic N) is 3. The Morgan fingerprint density at radius 2 is 0.974 bits per heavy atom. The van der Waals surface area contributed by atoms with Crippen molar-refractivity contribution in [2.45, 2.75) is 70.2 Å². The second kappa shape index (κ2) is 21.6. The van der Waals surface area contributed by atoms with Crippen molar-refractivity contribution in [2.24, 2.45) is 0 Å². The lowest BCUT2D eigenvalue weighted by Crippen LogP contribution is -2.49. The largest absolute Gasteiger partial charge is 0.377 e. The van der Waals surface area contributed by atoms with Crippen molar-refractivity contribution < 1.29 is 23.2 Å². The average Bonchev–Trinajstić information content (AvgIpc) is 2.91. The van der Waals surface area contributed by atoms with Crippen LogP contribution in [0.25, 0.3) is 0 Å². The SMILES string of the molecule is C.C.CC[N+](CC)(CC)CCOCCOCCN(CCOCC[N+](CC)(CC)CC)c1cc(C)ccc1C. The van der Waals surface area contributed by atoms with Gasteiger partial charge in [0.25, 0.3) is 0 Å². The molecule has 0 amide bonds. The molecule has 1 rings (SSSR count). The van der Waals surface area contributed by atoms with Crippen LogP contribution >= 0.6 is 0 Å². The van der Waals surface area contributed by atoms with Crippen LogP contribution in [0, 0.1) is 13.8 Å². The van der Waals surface area contributed by atoms with Gasteiger partial charge in [-0.3, -0.25) is 0 Å². The highest BCUT2D eigenvalue weighted by Crippen LogP contribution is 2.21. The van der Waals surface area contributed by atoms with E-state index in [1.165, 1.54) is 56.1 Å². The maximum atomic E-state index is 6.12. The fraction of sp³-hybridized carbons (Fsp3) is 0.812. The number of hydrogen-bond acceptors (Lipinski definition) is 4. The molecule has 0 atom stereocenters. The lowest BCUT2D eigenvalue weighted by atomic mass is 10.1. The van der Waals surface area contributed by atoms with E-state index < -0.39 is 0 Å². The number of rotatable bonds is 22. The van der Waals surface area contributed by atoms with Gasteiger partial charge in [-0.1, -0.05) is 27.0 Å². The summed E-state index contributed by atoms with van der Waals surface area (Å²) in [6, 6.07) is 6.68. The van der Waals surface area contributed by atoms with Crippen LogP contribution in [0.5, 0.6) is 0 Å². The van der Waals surface area contributed by atoms with Gasteiger partial charge in [-0.15, -0.1) is 0 Å². The maximum Gasteiger partial charge on any atom is 0.102 e. The molecule has 1 aromatic rings. The van der Waals surface area contributed by atoms with Crippen LogP contribution in [0.1, 0.15) is 67.5 Å². The molecule has 0 heterocycles. The Bertz CT molecular complexity index is 674. The van der Waals surface area contributed by atoms with Crippen molar-refractivity contribution >= 4 is 5.69 Å². The third-order valence-electron chi connectivity index (χ3n) is 8.53. The molecule has 226 valence electrons. The number of anilines is 1. The fourth-order valence-electron chi connectivity index (χ4n) is 4.99. The first-order valence-electron chi connectivity index (χ1n) is 14.6. The summed E-state index contributed by atoms with van der Waals surface area (Å²) in [6.07, 6.45) is 0. The molecule has 0 N–H and O–H groups in total. The number of aryl methyl sites for hydroxylation is 2. The second-order valence-electron chi connectivity index (χ2n) is 10.1. The molecule has 0 aromatic heterocycles.